The minimum atomic E-state index is -1.06. The third-order valence-corrected chi connectivity index (χ3v) is 3.66. The lowest BCUT2D eigenvalue weighted by Crippen LogP contribution is -2.43. The summed E-state index contributed by atoms with van der Waals surface area (Å²) in [5.41, 5.74) is 0. The van der Waals surface area contributed by atoms with Crippen LogP contribution in [0.4, 0.5) is 10.6 Å². The lowest BCUT2D eigenvalue weighted by atomic mass is 10.4. The standard InChI is InChI=1S/C9H8BrCl2N3O2/c10-7-1-2-14(15(7)9(16)17)8-6(12)3-5(11)4-13-8/h3-4,7H,1-2H2,(H,16,17). The molecule has 2 rings (SSSR count). The molecule has 0 spiro atoms. The van der Waals surface area contributed by atoms with E-state index in [-0.39, 0.29) is 4.95 Å². The number of hydrazine groups is 1. The molecule has 0 aliphatic carbocycles. The highest BCUT2D eigenvalue weighted by Gasteiger charge is 2.35. The van der Waals surface area contributed by atoms with E-state index < -0.39 is 6.09 Å². The lowest BCUT2D eigenvalue weighted by Gasteiger charge is -2.28. The Morgan fingerprint density at radius 1 is 1.59 bits per heavy atom. The Kier molecular flexibility index (Phi) is 3.65. The van der Waals surface area contributed by atoms with E-state index in [1.807, 2.05) is 0 Å². The largest absolute Gasteiger partial charge is 0.464 e. The van der Waals surface area contributed by atoms with Gasteiger partial charge in [0.1, 0.15) is 4.95 Å². The number of nitrogens with zero attached hydrogens (tertiary/aromatic N) is 3. The predicted octanol–water partition coefficient (Wildman–Crippen LogP) is 3.21. The van der Waals surface area contributed by atoms with Gasteiger partial charge in [0.15, 0.2) is 5.82 Å². The summed E-state index contributed by atoms with van der Waals surface area (Å²) in [6, 6.07) is 1.53. The summed E-state index contributed by atoms with van der Waals surface area (Å²) < 4.78 is 0. The zero-order chi connectivity index (χ0) is 12.6. The molecule has 1 amide bonds. The first-order valence-electron chi connectivity index (χ1n) is 4.75. The van der Waals surface area contributed by atoms with Crippen LogP contribution in [0.25, 0.3) is 0 Å². The molecule has 92 valence electrons. The fourth-order valence-electron chi connectivity index (χ4n) is 1.64. The zero-order valence-corrected chi connectivity index (χ0v) is 11.6. The molecule has 8 heteroatoms. The molecule has 0 saturated carbocycles. The summed E-state index contributed by atoms with van der Waals surface area (Å²) >= 11 is 15.0. The van der Waals surface area contributed by atoms with Crippen molar-refractivity contribution in [3.63, 3.8) is 0 Å². The average Bonchev–Trinajstić information content (AvgIpc) is 2.60. The minimum absolute atomic E-state index is 0.270. The van der Waals surface area contributed by atoms with Gasteiger partial charge in [-0.05, 0) is 12.5 Å². The molecule has 1 aliphatic heterocycles. The Morgan fingerprint density at radius 2 is 2.29 bits per heavy atom. The van der Waals surface area contributed by atoms with Crippen molar-refractivity contribution in [3.05, 3.63) is 22.3 Å². The number of anilines is 1. The van der Waals surface area contributed by atoms with Crippen molar-refractivity contribution >= 4 is 51.0 Å². The highest BCUT2D eigenvalue weighted by atomic mass is 79.9. The number of aromatic nitrogens is 1. The maximum atomic E-state index is 11.1. The molecular formula is C9H8BrCl2N3O2. The smallest absolute Gasteiger partial charge is 0.427 e. The van der Waals surface area contributed by atoms with Crippen LogP contribution in [-0.2, 0) is 0 Å². The molecule has 0 bridgehead atoms. The van der Waals surface area contributed by atoms with Gasteiger partial charge in [-0.2, -0.15) is 0 Å². The lowest BCUT2D eigenvalue weighted by molar-refractivity contribution is 0.148. The van der Waals surface area contributed by atoms with Crippen LogP contribution in [0.5, 0.6) is 0 Å². The van der Waals surface area contributed by atoms with Crippen LogP contribution in [0.1, 0.15) is 6.42 Å². The van der Waals surface area contributed by atoms with E-state index >= 15 is 0 Å². The molecule has 1 N–H and O–H groups in total. The molecule has 1 aromatic rings. The fourth-order valence-corrected chi connectivity index (χ4v) is 2.72. The second-order valence-corrected chi connectivity index (χ2v) is 5.33. The van der Waals surface area contributed by atoms with Crippen molar-refractivity contribution in [1.82, 2.24) is 9.99 Å². The number of hydrogen-bond donors (Lipinski definition) is 1. The number of hydrogen-bond acceptors (Lipinski definition) is 3. The summed E-state index contributed by atoms with van der Waals surface area (Å²) in [5, 5.41) is 12.5. The molecule has 5 nitrogen and oxygen atoms in total. The number of halogens is 3. The summed E-state index contributed by atoms with van der Waals surface area (Å²) in [4.78, 5) is 14.9. The van der Waals surface area contributed by atoms with E-state index in [1.54, 1.807) is 0 Å². The molecule has 0 aromatic carbocycles. The van der Waals surface area contributed by atoms with Crippen LogP contribution >= 0.6 is 39.1 Å². The first kappa shape index (κ1) is 12.7. The maximum absolute atomic E-state index is 11.1. The fraction of sp³-hybridized carbons (Fsp3) is 0.333. The van der Waals surface area contributed by atoms with E-state index in [2.05, 4.69) is 20.9 Å². The molecule has 1 aromatic heterocycles. The van der Waals surface area contributed by atoms with Gasteiger partial charge in [0.2, 0.25) is 0 Å². The van der Waals surface area contributed by atoms with E-state index in [1.165, 1.54) is 17.3 Å². The maximum Gasteiger partial charge on any atom is 0.427 e. The quantitative estimate of drug-likeness (QED) is 0.630. The van der Waals surface area contributed by atoms with E-state index in [4.69, 9.17) is 28.3 Å². The van der Waals surface area contributed by atoms with Crippen LogP contribution in [-0.4, -0.2) is 32.7 Å². The third-order valence-electron chi connectivity index (χ3n) is 2.33. The van der Waals surface area contributed by atoms with Crippen molar-refractivity contribution in [2.75, 3.05) is 11.6 Å². The van der Waals surface area contributed by atoms with Crippen molar-refractivity contribution in [3.8, 4) is 0 Å². The molecule has 1 atom stereocenters. The van der Waals surface area contributed by atoms with E-state index in [0.717, 1.165) is 5.01 Å². The highest BCUT2D eigenvalue weighted by Crippen LogP contribution is 2.33. The summed E-state index contributed by atoms with van der Waals surface area (Å²) in [6.07, 6.45) is 1.04. The SMILES string of the molecule is O=C(O)N1C(Br)CCN1c1ncc(Cl)cc1Cl. The number of pyridine rings is 1. The number of carbonyl (C=O) groups is 1. The van der Waals surface area contributed by atoms with Crippen LogP contribution in [0, 0.1) is 0 Å². The Hall–Kier alpha value is -0.720. The third kappa shape index (κ3) is 2.43. The van der Waals surface area contributed by atoms with Gasteiger partial charge in [0.25, 0.3) is 0 Å². The van der Waals surface area contributed by atoms with Gasteiger partial charge in [0.05, 0.1) is 10.0 Å². The van der Waals surface area contributed by atoms with Crippen LogP contribution < -0.4 is 5.01 Å². The summed E-state index contributed by atoms with van der Waals surface area (Å²) in [5.74, 6) is 0.389. The number of amides is 1. The summed E-state index contributed by atoms with van der Waals surface area (Å²) in [6.45, 7) is 0.524. The predicted molar refractivity (Wildman–Crippen MR) is 68.8 cm³/mol. The number of rotatable bonds is 1. The van der Waals surface area contributed by atoms with Gasteiger partial charge >= 0.3 is 6.09 Å². The van der Waals surface area contributed by atoms with E-state index in [9.17, 15) is 4.79 Å². The van der Waals surface area contributed by atoms with Gasteiger partial charge in [-0.1, -0.05) is 39.1 Å². The van der Waals surface area contributed by atoms with E-state index in [0.29, 0.717) is 28.8 Å². The van der Waals surface area contributed by atoms with Gasteiger partial charge in [-0.3, -0.25) is 5.01 Å². The number of alkyl halides is 1. The Morgan fingerprint density at radius 3 is 2.88 bits per heavy atom. The van der Waals surface area contributed by atoms with Crippen molar-refractivity contribution in [2.24, 2.45) is 0 Å². The average molecular weight is 341 g/mol. The Labute approximate surface area is 116 Å². The molecule has 2 heterocycles. The minimum Gasteiger partial charge on any atom is -0.464 e. The van der Waals surface area contributed by atoms with Gasteiger partial charge in [-0.25, -0.2) is 14.8 Å². The van der Waals surface area contributed by atoms with Crippen LogP contribution in [0.15, 0.2) is 12.3 Å². The van der Waals surface area contributed by atoms with Crippen molar-refractivity contribution in [2.45, 2.75) is 11.4 Å². The molecule has 0 radical (unpaired) electrons. The van der Waals surface area contributed by atoms with Gasteiger partial charge in [0, 0.05) is 12.7 Å². The molecule has 1 unspecified atom stereocenters. The summed E-state index contributed by atoms with van der Waals surface area (Å²) in [7, 11) is 0. The molecular weight excluding hydrogens is 333 g/mol. The number of carboxylic acid groups (broad SMARTS) is 1. The Bertz CT molecular complexity index is 460. The normalized spacial score (nSPS) is 19.8. The first-order chi connectivity index (χ1) is 8.00. The van der Waals surface area contributed by atoms with Crippen molar-refractivity contribution in [1.29, 1.82) is 0 Å². The first-order valence-corrected chi connectivity index (χ1v) is 6.42. The van der Waals surface area contributed by atoms with Gasteiger partial charge in [-0.15, -0.1) is 0 Å². The molecule has 17 heavy (non-hydrogen) atoms. The van der Waals surface area contributed by atoms with Crippen LogP contribution in [0.2, 0.25) is 10.0 Å². The molecule has 1 saturated heterocycles. The topological polar surface area (TPSA) is 56.7 Å². The van der Waals surface area contributed by atoms with Gasteiger partial charge < -0.3 is 5.11 Å². The highest BCUT2D eigenvalue weighted by molar-refractivity contribution is 9.09. The second-order valence-electron chi connectivity index (χ2n) is 3.43. The Balaban J connectivity index is 2.36. The molecule has 1 aliphatic rings. The zero-order valence-electron chi connectivity index (χ0n) is 8.48. The van der Waals surface area contributed by atoms with Crippen molar-refractivity contribution < 1.29 is 9.90 Å². The van der Waals surface area contributed by atoms with Crippen LogP contribution in [0.3, 0.4) is 0 Å². The monoisotopic (exact) mass is 339 g/mol. The second kappa shape index (κ2) is 4.88. The molecule has 1 fully saturated rings.